The average molecular weight is 365 g/mol. The molecule has 0 aliphatic rings. The van der Waals surface area contributed by atoms with Crippen molar-refractivity contribution in [1.29, 1.82) is 0 Å². The molecule has 0 spiro atoms. The van der Waals surface area contributed by atoms with E-state index in [0.29, 0.717) is 8.67 Å². The largest absolute Gasteiger partial charge is 0.378 e. The summed E-state index contributed by atoms with van der Waals surface area (Å²) in [5.41, 5.74) is 1.72. The molecule has 0 saturated carbocycles. The van der Waals surface area contributed by atoms with E-state index in [1.54, 1.807) is 24.3 Å². The van der Waals surface area contributed by atoms with Crippen LogP contribution in [0.15, 0.2) is 35.2 Å². The van der Waals surface area contributed by atoms with Crippen molar-refractivity contribution in [3.8, 4) is 0 Å². The molecule has 2 N–H and O–H groups in total. The summed E-state index contributed by atoms with van der Waals surface area (Å²) in [5.74, 6) is 0. The van der Waals surface area contributed by atoms with Crippen molar-refractivity contribution < 1.29 is 8.42 Å². The van der Waals surface area contributed by atoms with E-state index >= 15 is 0 Å². The van der Waals surface area contributed by atoms with Gasteiger partial charge in [0.25, 0.3) is 0 Å². The highest BCUT2D eigenvalue weighted by atomic mass is 35.5. The Morgan fingerprint density at radius 2 is 1.81 bits per heavy atom. The third-order valence-corrected chi connectivity index (χ3v) is 5.91. The predicted octanol–water partition coefficient (Wildman–Crippen LogP) is 4.14. The normalized spacial score (nSPS) is 13.1. The second-order valence-corrected chi connectivity index (χ2v) is 8.55. The van der Waals surface area contributed by atoms with Crippen LogP contribution >= 0.6 is 34.5 Å². The molecule has 1 heterocycles. The smallest absolute Gasteiger partial charge is 0.240 e. The summed E-state index contributed by atoms with van der Waals surface area (Å²) in [5, 5.41) is 3.26. The van der Waals surface area contributed by atoms with Crippen molar-refractivity contribution in [3.05, 3.63) is 44.6 Å². The minimum atomic E-state index is -3.41. The highest BCUT2D eigenvalue weighted by Gasteiger charge is 2.14. The molecule has 0 aliphatic carbocycles. The van der Waals surface area contributed by atoms with Gasteiger partial charge in [0.15, 0.2) is 0 Å². The van der Waals surface area contributed by atoms with Crippen LogP contribution in [0.1, 0.15) is 18.5 Å². The number of rotatable bonds is 5. The maximum Gasteiger partial charge on any atom is 0.240 e. The van der Waals surface area contributed by atoms with Crippen LogP contribution in [0.3, 0.4) is 0 Å². The maximum atomic E-state index is 11.6. The van der Waals surface area contributed by atoms with Crippen LogP contribution in [0, 0.1) is 0 Å². The first-order chi connectivity index (χ1) is 9.83. The minimum Gasteiger partial charge on any atom is -0.378 e. The number of benzene rings is 1. The molecule has 0 amide bonds. The van der Waals surface area contributed by atoms with Crippen molar-refractivity contribution in [2.75, 3.05) is 12.4 Å². The lowest BCUT2D eigenvalue weighted by molar-refractivity contribution is 0.588. The molecule has 114 valence electrons. The summed E-state index contributed by atoms with van der Waals surface area (Å²) in [7, 11) is -2.03. The zero-order valence-corrected chi connectivity index (χ0v) is 14.5. The van der Waals surface area contributed by atoms with E-state index in [2.05, 4.69) is 10.0 Å². The van der Waals surface area contributed by atoms with Crippen LogP contribution < -0.4 is 10.0 Å². The molecule has 1 aromatic heterocycles. The zero-order chi connectivity index (χ0) is 15.6. The van der Waals surface area contributed by atoms with E-state index in [9.17, 15) is 8.42 Å². The molecule has 2 rings (SSSR count). The van der Waals surface area contributed by atoms with Crippen LogP contribution in [0.25, 0.3) is 0 Å². The van der Waals surface area contributed by atoms with Crippen molar-refractivity contribution in [2.45, 2.75) is 17.9 Å². The van der Waals surface area contributed by atoms with Gasteiger partial charge in [-0.1, -0.05) is 23.2 Å². The van der Waals surface area contributed by atoms with Gasteiger partial charge in [-0.25, -0.2) is 13.1 Å². The minimum absolute atomic E-state index is 0.0343. The number of anilines is 1. The van der Waals surface area contributed by atoms with E-state index in [1.165, 1.54) is 18.4 Å². The second kappa shape index (κ2) is 6.54. The van der Waals surface area contributed by atoms with E-state index in [4.69, 9.17) is 23.2 Å². The fourth-order valence-corrected chi connectivity index (χ4v) is 4.20. The lowest BCUT2D eigenvalue weighted by Crippen LogP contribution is -2.18. The first-order valence-corrected chi connectivity index (χ1v) is 9.14. The van der Waals surface area contributed by atoms with Gasteiger partial charge in [-0.2, -0.15) is 0 Å². The van der Waals surface area contributed by atoms with Crippen LogP contribution in [0.5, 0.6) is 0 Å². The van der Waals surface area contributed by atoms with Crippen molar-refractivity contribution in [2.24, 2.45) is 0 Å². The highest BCUT2D eigenvalue weighted by Crippen LogP contribution is 2.36. The van der Waals surface area contributed by atoms with Crippen LogP contribution in [0.4, 0.5) is 5.69 Å². The molecule has 0 bridgehead atoms. The van der Waals surface area contributed by atoms with Gasteiger partial charge in [-0.05, 0) is 44.3 Å². The zero-order valence-electron chi connectivity index (χ0n) is 11.4. The highest BCUT2D eigenvalue weighted by molar-refractivity contribution is 7.89. The van der Waals surface area contributed by atoms with Crippen LogP contribution in [-0.2, 0) is 10.0 Å². The molecule has 0 radical (unpaired) electrons. The third kappa shape index (κ3) is 3.90. The topological polar surface area (TPSA) is 58.2 Å². The van der Waals surface area contributed by atoms with Gasteiger partial charge in [0.05, 0.1) is 19.6 Å². The Bertz CT molecular complexity index is 727. The Balaban J connectivity index is 2.15. The quantitative estimate of drug-likeness (QED) is 0.837. The monoisotopic (exact) mass is 364 g/mol. The summed E-state index contributed by atoms with van der Waals surface area (Å²) >= 11 is 13.4. The Labute approximate surface area is 138 Å². The molecule has 1 unspecified atom stereocenters. The summed E-state index contributed by atoms with van der Waals surface area (Å²) in [4.78, 5) is 0.222. The van der Waals surface area contributed by atoms with Gasteiger partial charge < -0.3 is 5.32 Å². The van der Waals surface area contributed by atoms with Crippen LogP contribution in [-0.4, -0.2) is 15.5 Å². The number of sulfonamides is 1. The molecule has 0 fully saturated rings. The van der Waals surface area contributed by atoms with E-state index < -0.39 is 10.0 Å². The van der Waals surface area contributed by atoms with Gasteiger partial charge in [0, 0.05) is 11.3 Å². The molecule has 0 aliphatic heterocycles. The van der Waals surface area contributed by atoms with E-state index in [1.807, 2.05) is 13.0 Å². The first-order valence-electron chi connectivity index (χ1n) is 6.08. The van der Waals surface area contributed by atoms with Gasteiger partial charge in [-0.3, -0.25) is 0 Å². The van der Waals surface area contributed by atoms with Gasteiger partial charge >= 0.3 is 0 Å². The molecular formula is C13H14Cl2N2O2S2. The average Bonchev–Trinajstić information content (AvgIpc) is 2.78. The standard InChI is InChI=1S/C13H14Cl2N2O2S2/c1-8(11-7-12(14)20-13(11)15)17-9-3-5-10(6-4-9)21(18,19)16-2/h3-8,16-17H,1-2H3. The second-order valence-electron chi connectivity index (χ2n) is 4.38. The summed E-state index contributed by atoms with van der Waals surface area (Å²) in [6, 6.07) is 8.30. The SMILES string of the molecule is CNS(=O)(=O)c1ccc(NC(C)c2cc(Cl)sc2Cl)cc1. The lowest BCUT2D eigenvalue weighted by atomic mass is 10.1. The lowest BCUT2D eigenvalue weighted by Gasteiger charge is -2.15. The molecule has 8 heteroatoms. The predicted molar refractivity (Wildman–Crippen MR) is 89.1 cm³/mol. The molecule has 2 aromatic rings. The number of halogens is 2. The number of hydrogen-bond acceptors (Lipinski definition) is 4. The summed E-state index contributed by atoms with van der Waals surface area (Å²) in [6.07, 6.45) is 0. The Kier molecular flexibility index (Phi) is 5.16. The van der Waals surface area contributed by atoms with Crippen molar-refractivity contribution >= 4 is 50.2 Å². The molecule has 21 heavy (non-hydrogen) atoms. The first kappa shape index (κ1) is 16.6. The molecule has 1 aromatic carbocycles. The maximum absolute atomic E-state index is 11.6. The van der Waals surface area contributed by atoms with Gasteiger partial charge in [-0.15, -0.1) is 11.3 Å². The van der Waals surface area contributed by atoms with E-state index in [0.717, 1.165) is 11.3 Å². The van der Waals surface area contributed by atoms with E-state index in [-0.39, 0.29) is 10.9 Å². The molecule has 1 atom stereocenters. The number of hydrogen-bond donors (Lipinski definition) is 2. The summed E-state index contributed by atoms with van der Waals surface area (Å²) < 4.78 is 26.8. The Morgan fingerprint density at radius 3 is 2.29 bits per heavy atom. The Morgan fingerprint density at radius 1 is 1.19 bits per heavy atom. The Hall–Kier alpha value is -0.790. The number of thiophene rings is 1. The van der Waals surface area contributed by atoms with Gasteiger partial charge in [0.2, 0.25) is 10.0 Å². The fourth-order valence-electron chi connectivity index (χ4n) is 1.82. The molecule has 4 nitrogen and oxygen atoms in total. The van der Waals surface area contributed by atoms with Crippen molar-refractivity contribution in [3.63, 3.8) is 0 Å². The van der Waals surface area contributed by atoms with Gasteiger partial charge in [0.1, 0.15) is 0 Å². The fraction of sp³-hybridized carbons (Fsp3) is 0.231. The number of nitrogens with one attached hydrogen (secondary N) is 2. The molecular weight excluding hydrogens is 351 g/mol. The van der Waals surface area contributed by atoms with Crippen LogP contribution in [0.2, 0.25) is 8.67 Å². The summed E-state index contributed by atoms with van der Waals surface area (Å²) in [6.45, 7) is 1.96. The third-order valence-electron chi connectivity index (χ3n) is 2.97. The molecule has 0 saturated heterocycles. The van der Waals surface area contributed by atoms with Crippen molar-refractivity contribution in [1.82, 2.24) is 4.72 Å².